The number of nitrogen functional groups attached to an aromatic ring is 1. The molecule has 2 rings (SSSR count). The fraction of sp³-hybridized carbons (Fsp3) is 0.214. The second-order valence-corrected chi connectivity index (χ2v) is 5.70. The molecule has 4 nitrogen and oxygen atoms in total. The van der Waals surface area contributed by atoms with Crippen molar-refractivity contribution in [3.05, 3.63) is 50.2 Å². The first-order chi connectivity index (χ1) is 9.52. The van der Waals surface area contributed by atoms with Gasteiger partial charge in [-0.3, -0.25) is 10.2 Å². The third-order valence-corrected chi connectivity index (χ3v) is 4.44. The van der Waals surface area contributed by atoms with Crippen LogP contribution in [0.5, 0.6) is 5.75 Å². The van der Waals surface area contributed by atoms with Gasteiger partial charge in [-0.2, -0.15) is 0 Å². The van der Waals surface area contributed by atoms with E-state index in [-0.39, 0.29) is 5.91 Å². The number of hydrogen-bond donors (Lipinski definition) is 2. The van der Waals surface area contributed by atoms with Crippen molar-refractivity contribution >= 4 is 28.8 Å². The average Bonchev–Trinajstić information content (AvgIpc) is 2.89. The van der Waals surface area contributed by atoms with Gasteiger partial charge in [0, 0.05) is 10.6 Å². The predicted octanol–water partition coefficient (Wildman–Crippen LogP) is 3.20. The van der Waals surface area contributed by atoms with Crippen molar-refractivity contribution in [2.45, 2.75) is 20.5 Å². The molecule has 1 aromatic heterocycles. The summed E-state index contributed by atoms with van der Waals surface area (Å²) in [7, 11) is 0. The van der Waals surface area contributed by atoms with Crippen LogP contribution < -0.4 is 16.0 Å². The third kappa shape index (κ3) is 3.12. The second-order valence-electron chi connectivity index (χ2n) is 4.41. The zero-order valence-electron chi connectivity index (χ0n) is 11.2. The maximum Gasteiger partial charge on any atom is 0.275 e. The monoisotopic (exact) mass is 310 g/mol. The van der Waals surface area contributed by atoms with E-state index >= 15 is 0 Å². The van der Waals surface area contributed by atoms with Gasteiger partial charge in [0.15, 0.2) is 0 Å². The maximum absolute atomic E-state index is 11.6. The first-order valence-corrected chi connectivity index (χ1v) is 7.25. The number of aryl methyl sites for hydroxylation is 2. The number of halogens is 1. The van der Waals surface area contributed by atoms with Gasteiger partial charge in [0.1, 0.15) is 12.4 Å². The van der Waals surface area contributed by atoms with E-state index in [0.29, 0.717) is 11.5 Å². The van der Waals surface area contributed by atoms with Crippen molar-refractivity contribution in [1.29, 1.82) is 0 Å². The van der Waals surface area contributed by atoms with E-state index < -0.39 is 0 Å². The lowest BCUT2D eigenvalue weighted by molar-refractivity contribution is 0.0955. The van der Waals surface area contributed by atoms with Crippen LogP contribution in [0, 0.1) is 13.8 Å². The van der Waals surface area contributed by atoms with E-state index in [0.717, 1.165) is 27.5 Å². The molecule has 0 atom stereocenters. The Balaban J connectivity index is 2.13. The first kappa shape index (κ1) is 14.8. The second kappa shape index (κ2) is 6.26. The quantitative estimate of drug-likeness (QED) is 0.518. The van der Waals surface area contributed by atoms with Crippen LogP contribution in [0.25, 0.3) is 0 Å². The highest BCUT2D eigenvalue weighted by Gasteiger charge is 2.12. The lowest BCUT2D eigenvalue weighted by Crippen LogP contribution is -2.30. The van der Waals surface area contributed by atoms with Gasteiger partial charge in [0.05, 0.1) is 4.88 Å². The Morgan fingerprint density at radius 1 is 1.40 bits per heavy atom. The number of carbonyl (C=O) groups excluding carboxylic acids is 1. The molecule has 0 spiro atoms. The van der Waals surface area contributed by atoms with Crippen LogP contribution in [-0.4, -0.2) is 5.91 Å². The first-order valence-electron chi connectivity index (χ1n) is 5.99. The molecule has 0 aliphatic rings. The van der Waals surface area contributed by atoms with Gasteiger partial charge in [-0.25, -0.2) is 5.84 Å². The molecule has 1 heterocycles. The van der Waals surface area contributed by atoms with Gasteiger partial charge < -0.3 is 4.74 Å². The van der Waals surface area contributed by atoms with E-state index in [9.17, 15) is 4.79 Å². The summed E-state index contributed by atoms with van der Waals surface area (Å²) in [5, 5.41) is 2.58. The van der Waals surface area contributed by atoms with Crippen LogP contribution in [0.3, 0.4) is 0 Å². The summed E-state index contributed by atoms with van der Waals surface area (Å²) in [6, 6.07) is 5.61. The molecule has 0 bridgehead atoms. The Bertz CT molecular complexity index is 617. The zero-order valence-corrected chi connectivity index (χ0v) is 12.8. The highest BCUT2D eigenvalue weighted by Crippen LogP contribution is 2.27. The summed E-state index contributed by atoms with van der Waals surface area (Å²) in [6.45, 7) is 4.17. The number of amides is 1. The molecule has 0 aliphatic heterocycles. The van der Waals surface area contributed by atoms with Crippen LogP contribution in [-0.2, 0) is 6.61 Å². The molecule has 6 heteroatoms. The lowest BCUT2D eigenvalue weighted by Gasteiger charge is -2.10. The lowest BCUT2D eigenvalue weighted by atomic mass is 10.1. The van der Waals surface area contributed by atoms with Gasteiger partial charge in [-0.05, 0) is 48.6 Å². The molecule has 0 radical (unpaired) electrons. The number of nitrogens with two attached hydrogens (primary N) is 1. The minimum atomic E-state index is -0.304. The van der Waals surface area contributed by atoms with Crippen LogP contribution in [0.4, 0.5) is 0 Å². The van der Waals surface area contributed by atoms with Gasteiger partial charge in [-0.1, -0.05) is 11.6 Å². The molecule has 0 aliphatic carbocycles. The molecule has 0 fully saturated rings. The van der Waals surface area contributed by atoms with Crippen LogP contribution in [0.2, 0.25) is 5.02 Å². The molecule has 106 valence electrons. The molecule has 1 amide bonds. The number of hydrogen-bond acceptors (Lipinski definition) is 4. The molecule has 0 saturated heterocycles. The van der Waals surface area contributed by atoms with Crippen molar-refractivity contribution in [3.8, 4) is 5.75 Å². The van der Waals surface area contributed by atoms with E-state index in [2.05, 4.69) is 5.43 Å². The number of nitrogens with one attached hydrogen (secondary N) is 1. The minimum Gasteiger partial charge on any atom is -0.489 e. The Labute approximate surface area is 126 Å². The Hall–Kier alpha value is -1.56. The van der Waals surface area contributed by atoms with Crippen molar-refractivity contribution in [2.75, 3.05) is 0 Å². The van der Waals surface area contributed by atoms with Crippen molar-refractivity contribution < 1.29 is 9.53 Å². The SMILES string of the molecule is Cc1cc(OCc2ccsc2C(=O)NN)cc(C)c1Cl. The number of carbonyl (C=O) groups is 1. The molecular formula is C14H15ClN2O2S. The number of hydrazine groups is 1. The van der Waals surface area contributed by atoms with Crippen molar-refractivity contribution in [1.82, 2.24) is 5.43 Å². The van der Waals surface area contributed by atoms with Crippen LogP contribution in [0.1, 0.15) is 26.4 Å². The normalized spacial score (nSPS) is 10.4. The largest absolute Gasteiger partial charge is 0.489 e. The highest BCUT2D eigenvalue weighted by molar-refractivity contribution is 7.12. The summed E-state index contributed by atoms with van der Waals surface area (Å²) in [4.78, 5) is 12.1. The topological polar surface area (TPSA) is 64.3 Å². The number of ether oxygens (including phenoxy) is 1. The number of thiophene rings is 1. The summed E-state index contributed by atoms with van der Waals surface area (Å²) in [5.74, 6) is 5.57. The molecular weight excluding hydrogens is 296 g/mol. The molecule has 20 heavy (non-hydrogen) atoms. The molecule has 1 aromatic carbocycles. The van der Waals surface area contributed by atoms with Gasteiger partial charge >= 0.3 is 0 Å². The van der Waals surface area contributed by atoms with Crippen molar-refractivity contribution in [2.24, 2.45) is 5.84 Å². The van der Waals surface area contributed by atoms with Gasteiger partial charge in [-0.15, -0.1) is 11.3 Å². The smallest absolute Gasteiger partial charge is 0.275 e. The molecule has 0 unspecified atom stereocenters. The highest BCUT2D eigenvalue weighted by atomic mass is 35.5. The van der Waals surface area contributed by atoms with Gasteiger partial charge in [0.2, 0.25) is 0 Å². The average molecular weight is 311 g/mol. The molecule has 3 N–H and O–H groups in total. The van der Waals surface area contributed by atoms with E-state index in [1.165, 1.54) is 11.3 Å². The van der Waals surface area contributed by atoms with E-state index in [1.54, 1.807) is 0 Å². The predicted molar refractivity (Wildman–Crippen MR) is 81.2 cm³/mol. The minimum absolute atomic E-state index is 0.304. The zero-order chi connectivity index (χ0) is 14.7. The maximum atomic E-state index is 11.6. The summed E-state index contributed by atoms with van der Waals surface area (Å²) in [5.41, 5.74) is 4.87. The van der Waals surface area contributed by atoms with Gasteiger partial charge in [0.25, 0.3) is 5.91 Å². The third-order valence-electron chi connectivity index (χ3n) is 2.89. The Morgan fingerprint density at radius 3 is 2.65 bits per heavy atom. The number of benzene rings is 1. The van der Waals surface area contributed by atoms with Crippen LogP contribution >= 0.6 is 22.9 Å². The standard InChI is InChI=1S/C14H15ClN2O2S/c1-8-5-11(6-9(2)12(8)15)19-7-10-3-4-20-13(10)14(18)17-16/h3-6H,7,16H2,1-2H3,(H,17,18). The molecule has 2 aromatic rings. The fourth-order valence-electron chi connectivity index (χ4n) is 1.86. The number of rotatable bonds is 4. The summed E-state index contributed by atoms with van der Waals surface area (Å²) in [6.07, 6.45) is 0. The molecule has 0 saturated carbocycles. The Kier molecular flexibility index (Phi) is 4.65. The fourth-order valence-corrected chi connectivity index (χ4v) is 2.79. The summed E-state index contributed by atoms with van der Waals surface area (Å²) >= 11 is 7.45. The van der Waals surface area contributed by atoms with Crippen molar-refractivity contribution in [3.63, 3.8) is 0 Å². The Morgan fingerprint density at radius 2 is 2.05 bits per heavy atom. The van der Waals surface area contributed by atoms with E-state index in [1.807, 2.05) is 37.4 Å². The summed E-state index contributed by atoms with van der Waals surface area (Å²) < 4.78 is 5.73. The van der Waals surface area contributed by atoms with Crippen LogP contribution in [0.15, 0.2) is 23.6 Å². The van der Waals surface area contributed by atoms with E-state index in [4.69, 9.17) is 22.2 Å².